The molecule has 5 heterocycles. The van der Waals surface area contributed by atoms with Crippen molar-refractivity contribution >= 4 is 11.5 Å². The molecule has 0 amide bonds. The van der Waals surface area contributed by atoms with E-state index >= 15 is 0 Å². The second kappa shape index (κ2) is 13.4. The standard InChI is InChI=1S/C33H37FN6O5/c1-21-28(16-27(42)13-24-18-39(11-12-43-3)45-32(24)22-9-10-35-30(34)15-22)40(25-7-5-4-6-8-25)37-31(21)23-14-29-33(36-17-23)44-20-26(19-41)38(29)2/h4-10,14-15,17,24,26,32,41H,11-13,16,18-20H2,1-3H3/t24-,26?,32+/m1/s1. The van der Waals surface area contributed by atoms with Gasteiger partial charge in [-0.1, -0.05) is 18.2 Å². The maximum atomic E-state index is 14.0. The number of likely N-dealkylation sites (N-methyl/N-ethyl adjacent to an activating group) is 1. The number of Topliss-reactive ketones (excluding diaryl/α,β-unsaturated/α-hetero) is 1. The number of ketones is 1. The molecule has 2 aliphatic heterocycles. The Morgan fingerprint density at radius 3 is 2.76 bits per heavy atom. The van der Waals surface area contributed by atoms with Crippen LogP contribution in [0.1, 0.15) is 29.3 Å². The van der Waals surface area contributed by atoms with Crippen LogP contribution in [0.3, 0.4) is 0 Å². The highest BCUT2D eigenvalue weighted by atomic mass is 19.1. The van der Waals surface area contributed by atoms with Crippen LogP contribution in [0, 0.1) is 18.8 Å². The third-order valence-electron chi connectivity index (χ3n) is 8.51. The lowest BCUT2D eigenvalue weighted by atomic mass is 9.91. The summed E-state index contributed by atoms with van der Waals surface area (Å²) < 4.78 is 26.9. The number of fused-ring (bicyclic) bond motifs is 1. The number of rotatable bonds is 11. The van der Waals surface area contributed by atoms with E-state index in [1.54, 1.807) is 24.4 Å². The SMILES string of the molecule is COCCN1C[C@@H](CC(=O)Cc2c(C)c(-c3cnc4c(c3)N(C)C(CO)CO4)nn2-c2ccccc2)[C@H](c2ccnc(F)c2)O1. The van der Waals surface area contributed by atoms with Gasteiger partial charge in [0.15, 0.2) is 0 Å². The highest BCUT2D eigenvalue weighted by molar-refractivity contribution is 5.82. The van der Waals surface area contributed by atoms with Gasteiger partial charge in [0, 0.05) is 64.0 Å². The van der Waals surface area contributed by atoms with Crippen molar-refractivity contribution in [2.75, 3.05) is 52.0 Å². The van der Waals surface area contributed by atoms with Crippen LogP contribution in [0.5, 0.6) is 5.88 Å². The predicted octanol–water partition coefficient (Wildman–Crippen LogP) is 3.72. The lowest BCUT2D eigenvalue weighted by Crippen LogP contribution is -2.43. The van der Waals surface area contributed by atoms with Crippen molar-refractivity contribution in [3.05, 3.63) is 83.7 Å². The zero-order valence-electron chi connectivity index (χ0n) is 25.6. The summed E-state index contributed by atoms with van der Waals surface area (Å²) in [5.74, 6) is -0.258. The first-order valence-electron chi connectivity index (χ1n) is 15.0. The van der Waals surface area contributed by atoms with E-state index in [2.05, 4.69) is 9.97 Å². The quantitative estimate of drug-likeness (QED) is 0.250. The molecule has 6 rings (SSSR count). The van der Waals surface area contributed by atoms with E-state index < -0.39 is 12.1 Å². The van der Waals surface area contributed by atoms with Crippen LogP contribution in [0.4, 0.5) is 10.1 Å². The Bertz CT molecular complexity index is 1650. The molecule has 0 radical (unpaired) electrons. The molecule has 1 N–H and O–H groups in total. The van der Waals surface area contributed by atoms with Crippen LogP contribution in [-0.4, -0.2) is 88.8 Å². The van der Waals surface area contributed by atoms with Crippen molar-refractivity contribution < 1.29 is 28.6 Å². The van der Waals surface area contributed by atoms with Crippen molar-refractivity contribution in [3.8, 4) is 22.8 Å². The van der Waals surface area contributed by atoms with E-state index in [4.69, 9.17) is 19.4 Å². The number of methoxy groups -OCH3 is 1. The fourth-order valence-electron chi connectivity index (χ4n) is 6.02. The highest BCUT2D eigenvalue weighted by Gasteiger charge is 2.37. The maximum absolute atomic E-state index is 14.0. The Labute approximate surface area is 261 Å². The third kappa shape index (κ3) is 6.45. The molecule has 0 spiro atoms. The molecule has 3 atom stereocenters. The van der Waals surface area contributed by atoms with Gasteiger partial charge >= 0.3 is 0 Å². The van der Waals surface area contributed by atoms with Crippen LogP contribution in [-0.2, 0) is 20.8 Å². The van der Waals surface area contributed by atoms with Gasteiger partial charge in [0.1, 0.15) is 24.2 Å². The highest BCUT2D eigenvalue weighted by Crippen LogP contribution is 2.38. The van der Waals surface area contributed by atoms with Gasteiger partial charge < -0.3 is 19.5 Å². The summed E-state index contributed by atoms with van der Waals surface area (Å²) >= 11 is 0. The van der Waals surface area contributed by atoms with Gasteiger partial charge in [-0.25, -0.2) is 14.6 Å². The Morgan fingerprint density at radius 1 is 1.18 bits per heavy atom. The van der Waals surface area contributed by atoms with Gasteiger partial charge in [0.05, 0.1) is 36.3 Å². The number of aliphatic hydroxyl groups excluding tert-OH is 1. The number of hydrogen-bond donors (Lipinski definition) is 1. The fourth-order valence-corrected chi connectivity index (χ4v) is 6.02. The zero-order chi connectivity index (χ0) is 31.5. The summed E-state index contributed by atoms with van der Waals surface area (Å²) in [6, 6.07) is 14.6. The van der Waals surface area contributed by atoms with Crippen LogP contribution in [0.2, 0.25) is 0 Å². The molecule has 1 saturated heterocycles. The van der Waals surface area contributed by atoms with Crippen LogP contribution in [0.25, 0.3) is 16.9 Å². The van der Waals surface area contributed by atoms with E-state index in [0.29, 0.717) is 43.4 Å². The molecule has 12 heteroatoms. The van der Waals surface area contributed by atoms with E-state index in [-0.39, 0.29) is 37.2 Å². The number of aliphatic hydroxyl groups is 1. The zero-order valence-corrected chi connectivity index (χ0v) is 25.6. The molecule has 0 saturated carbocycles. The number of hydroxylamine groups is 2. The van der Waals surface area contributed by atoms with Gasteiger partial charge in [0.25, 0.3) is 0 Å². The van der Waals surface area contributed by atoms with E-state index in [9.17, 15) is 14.3 Å². The Balaban J connectivity index is 1.30. The number of para-hydroxylation sites is 1. The normalized spacial score (nSPS) is 19.8. The van der Waals surface area contributed by atoms with Gasteiger partial charge in [-0.15, -0.1) is 0 Å². The molecule has 1 fully saturated rings. The molecule has 2 aliphatic rings. The monoisotopic (exact) mass is 616 g/mol. The first-order chi connectivity index (χ1) is 21.9. The lowest BCUT2D eigenvalue weighted by molar-refractivity contribution is -0.155. The van der Waals surface area contributed by atoms with Crippen molar-refractivity contribution in [2.45, 2.75) is 31.9 Å². The molecule has 4 aromatic rings. The van der Waals surface area contributed by atoms with Gasteiger partial charge in [-0.2, -0.15) is 14.6 Å². The van der Waals surface area contributed by atoms with Gasteiger partial charge in [-0.05, 0) is 48.4 Å². The number of halogens is 1. The Kier molecular flexibility index (Phi) is 9.17. The minimum Gasteiger partial charge on any atom is -0.474 e. The largest absolute Gasteiger partial charge is 0.474 e. The topological polar surface area (TPSA) is 115 Å². The van der Waals surface area contributed by atoms with Gasteiger partial charge in [0.2, 0.25) is 11.8 Å². The van der Waals surface area contributed by atoms with E-state index in [1.807, 2.05) is 60.0 Å². The van der Waals surface area contributed by atoms with Crippen LogP contribution in [0.15, 0.2) is 60.9 Å². The number of aromatic nitrogens is 4. The molecular weight excluding hydrogens is 579 g/mol. The number of anilines is 1. The Hall–Kier alpha value is -4.23. The van der Waals surface area contributed by atoms with Gasteiger partial charge in [-0.3, -0.25) is 9.63 Å². The molecule has 1 aromatic carbocycles. The maximum Gasteiger partial charge on any atom is 0.237 e. The number of benzene rings is 1. The molecule has 3 aromatic heterocycles. The Morgan fingerprint density at radius 2 is 2.00 bits per heavy atom. The number of carbonyl (C=O) groups is 1. The summed E-state index contributed by atoms with van der Waals surface area (Å²) in [7, 11) is 3.53. The predicted molar refractivity (Wildman–Crippen MR) is 165 cm³/mol. The van der Waals surface area contributed by atoms with Crippen molar-refractivity contribution in [1.82, 2.24) is 24.8 Å². The smallest absolute Gasteiger partial charge is 0.237 e. The molecule has 1 unspecified atom stereocenters. The number of pyridine rings is 2. The molecule has 45 heavy (non-hydrogen) atoms. The third-order valence-corrected chi connectivity index (χ3v) is 8.51. The number of hydrogen-bond acceptors (Lipinski definition) is 10. The average Bonchev–Trinajstić information content (AvgIpc) is 3.60. The molecule has 11 nitrogen and oxygen atoms in total. The minimum atomic E-state index is -0.590. The van der Waals surface area contributed by atoms with Crippen molar-refractivity contribution in [3.63, 3.8) is 0 Å². The average molecular weight is 617 g/mol. The lowest BCUT2D eigenvalue weighted by Gasteiger charge is -2.34. The molecule has 0 bridgehead atoms. The summed E-state index contributed by atoms with van der Waals surface area (Å²) in [6.45, 7) is 3.79. The fraction of sp³-hybridized carbons (Fsp3) is 0.394. The minimum absolute atomic E-state index is 0.0194. The van der Waals surface area contributed by atoms with Crippen LogP contribution < -0.4 is 9.64 Å². The second-order valence-corrected chi connectivity index (χ2v) is 11.5. The second-order valence-electron chi connectivity index (χ2n) is 11.5. The first-order valence-corrected chi connectivity index (χ1v) is 15.0. The number of carbonyl (C=O) groups excluding carboxylic acids is 1. The van der Waals surface area contributed by atoms with Crippen molar-refractivity contribution in [2.24, 2.45) is 5.92 Å². The summed E-state index contributed by atoms with van der Waals surface area (Å²) in [4.78, 5) is 30.2. The summed E-state index contributed by atoms with van der Waals surface area (Å²) in [5, 5.41) is 16.6. The number of nitrogens with zero attached hydrogens (tertiary/aromatic N) is 6. The summed E-state index contributed by atoms with van der Waals surface area (Å²) in [6.07, 6.45) is 3.04. The molecular formula is C33H37FN6O5. The molecule has 236 valence electrons. The van der Waals surface area contributed by atoms with E-state index in [1.165, 1.54) is 12.3 Å². The number of ether oxygens (including phenoxy) is 2. The van der Waals surface area contributed by atoms with E-state index in [0.717, 1.165) is 28.2 Å². The summed E-state index contributed by atoms with van der Waals surface area (Å²) in [5.41, 5.74) is 5.37. The first kappa shape index (κ1) is 30.8. The van der Waals surface area contributed by atoms with Crippen molar-refractivity contribution in [1.29, 1.82) is 0 Å². The molecule has 0 aliphatic carbocycles. The van der Waals surface area contributed by atoms with Crippen LogP contribution >= 0.6 is 0 Å².